The Morgan fingerprint density at radius 3 is 2.05 bits per heavy atom. The lowest BCUT2D eigenvalue weighted by molar-refractivity contribution is 0.0955. The summed E-state index contributed by atoms with van der Waals surface area (Å²) in [5, 5.41) is 4.18. The van der Waals surface area contributed by atoms with Crippen molar-refractivity contribution in [1.82, 2.24) is 5.43 Å². The smallest absolute Gasteiger partial charge is 0.267 e. The Bertz CT molecular complexity index is 665. The number of rotatable bonds is 3. The lowest BCUT2D eigenvalue weighted by Crippen LogP contribution is -2.19. The number of carbonyl (C=O) groups is 1. The van der Waals surface area contributed by atoms with Gasteiger partial charge in [0.25, 0.3) is 5.91 Å². The number of hydrazone groups is 1. The average molecular weight is 294 g/mol. The van der Waals surface area contributed by atoms with Gasteiger partial charge >= 0.3 is 0 Å². The Hall–Kier alpha value is -2.42. The highest BCUT2D eigenvalue weighted by Crippen LogP contribution is 2.22. The molecule has 2 rings (SSSR count). The first-order valence-electron chi connectivity index (χ1n) is 7.38. The van der Waals surface area contributed by atoms with Crippen molar-refractivity contribution in [2.24, 2.45) is 5.10 Å². The van der Waals surface area contributed by atoms with Gasteiger partial charge in [-0.1, -0.05) is 63.2 Å². The zero-order chi connectivity index (χ0) is 16.2. The number of hydrogen-bond donors (Lipinski definition) is 1. The predicted octanol–water partition coefficient (Wildman–Crippen LogP) is 4.14. The molecular weight excluding hydrogens is 272 g/mol. The van der Waals surface area contributed by atoms with Gasteiger partial charge in [0.05, 0.1) is 5.71 Å². The normalized spacial score (nSPS) is 12.1. The van der Waals surface area contributed by atoms with Gasteiger partial charge in [-0.15, -0.1) is 0 Å². The second kappa shape index (κ2) is 6.56. The van der Waals surface area contributed by atoms with E-state index in [4.69, 9.17) is 0 Å². The van der Waals surface area contributed by atoms with Crippen molar-refractivity contribution in [1.29, 1.82) is 0 Å². The minimum absolute atomic E-state index is 0.130. The SMILES string of the molecule is C/C(=N/NC(=O)c1ccccc1)c1ccc(C(C)(C)C)cc1. The van der Waals surface area contributed by atoms with Crippen molar-refractivity contribution < 1.29 is 4.79 Å². The molecule has 2 aromatic carbocycles. The van der Waals surface area contributed by atoms with Crippen LogP contribution in [0.3, 0.4) is 0 Å². The van der Waals surface area contributed by atoms with Crippen LogP contribution in [0.5, 0.6) is 0 Å². The van der Waals surface area contributed by atoms with Gasteiger partial charge in [0, 0.05) is 5.56 Å². The molecule has 0 aliphatic rings. The molecule has 3 heteroatoms. The Kier molecular flexibility index (Phi) is 4.76. The summed E-state index contributed by atoms with van der Waals surface area (Å²) in [7, 11) is 0. The summed E-state index contributed by atoms with van der Waals surface area (Å²) in [6, 6.07) is 17.3. The van der Waals surface area contributed by atoms with E-state index in [-0.39, 0.29) is 11.3 Å². The van der Waals surface area contributed by atoms with Crippen LogP contribution in [-0.4, -0.2) is 11.6 Å². The van der Waals surface area contributed by atoms with Crippen LogP contribution in [0, 0.1) is 0 Å². The van der Waals surface area contributed by atoms with Gasteiger partial charge in [-0.3, -0.25) is 4.79 Å². The Labute approximate surface area is 132 Å². The number of nitrogens with one attached hydrogen (secondary N) is 1. The van der Waals surface area contributed by atoms with E-state index in [0.29, 0.717) is 5.56 Å². The Morgan fingerprint density at radius 2 is 1.50 bits per heavy atom. The summed E-state index contributed by atoms with van der Waals surface area (Å²) in [4.78, 5) is 11.9. The van der Waals surface area contributed by atoms with Gasteiger partial charge in [-0.2, -0.15) is 5.10 Å². The summed E-state index contributed by atoms with van der Waals surface area (Å²) < 4.78 is 0. The molecule has 0 aliphatic carbocycles. The van der Waals surface area contributed by atoms with E-state index in [0.717, 1.165) is 11.3 Å². The number of nitrogens with zero attached hydrogens (tertiary/aromatic N) is 1. The number of hydrogen-bond acceptors (Lipinski definition) is 2. The third kappa shape index (κ3) is 4.04. The van der Waals surface area contributed by atoms with Gasteiger partial charge in [-0.25, -0.2) is 5.43 Å². The van der Waals surface area contributed by atoms with Crippen molar-refractivity contribution >= 4 is 11.6 Å². The van der Waals surface area contributed by atoms with Gasteiger partial charge in [0.2, 0.25) is 0 Å². The molecule has 1 N–H and O–H groups in total. The number of amides is 1. The van der Waals surface area contributed by atoms with E-state index in [2.05, 4.69) is 43.4 Å². The average Bonchev–Trinajstić information content (AvgIpc) is 2.52. The maximum absolute atomic E-state index is 11.9. The highest BCUT2D eigenvalue weighted by Gasteiger charge is 2.13. The fraction of sp³-hybridized carbons (Fsp3) is 0.263. The van der Waals surface area contributed by atoms with E-state index < -0.39 is 0 Å². The summed E-state index contributed by atoms with van der Waals surface area (Å²) in [5.74, 6) is -0.203. The molecule has 0 aromatic heterocycles. The molecule has 0 fully saturated rings. The fourth-order valence-corrected chi connectivity index (χ4v) is 2.06. The van der Waals surface area contributed by atoms with Crippen LogP contribution in [-0.2, 0) is 5.41 Å². The molecule has 1 amide bonds. The minimum Gasteiger partial charge on any atom is -0.267 e. The fourth-order valence-electron chi connectivity index (χ4n) is 2.06. The lowest BCUT2D eigenvalue weighted by Gasteiger charge is -2.19. The molecule has 2 aromatic rings. The minimum atomic E-state index is -0.203. The monoisotopic (exact) mass is 294 g/mol. The molecule has 0 atom stereocenters. The summed E-state index contributed by atoms with van der Waals surface area (Å²) in [6.45, 7) is 8.44. The molecule has 0 unspecified atom stereocenters. The van der Waals surface area contributed by atoms with Crippen molar-refractivity contribution in [3.8, 4) is 0 Å². The molecule has 0 saturated heterocycles. The molecular formula is C19H22N2O. The molecule has 0 radical (unpaired) electrons. The van der Waals surface area contributed by atoms with Crippen molar-refractivity contribution in [3.63, 3.8) is 0 Å². The topological polar surface area (TPSA) is 41.5 Å². The lowest BCUT2D eigenvalue weighted by atomic mass is 9.86. The Morgan fingerprint density at radius 1 is 0.909 bits per heavy atom. The molecule has 0 saturated carbocycles. The van der Waals surface area contributed by atoms with Crippen LogP contribution in [0.1, 0.15) is 49.2 Å². The van der Waals surface area contributed by atoms with Gasteiger partial charge in [0.1, 0.15) is 0 Å². The van der Waals surface area contributed by atoms with E-state index >= 15 is 0 Å². The second-order valence-electron chi connectivity index (χ2n) is 6.33. The zero-order valence-corrected chi connectivity index (χ0v) is 13.6. The third-order valence-corrected chi connectivity index (χ3v) is 3.53. The van der Waals surface area contributed by atoms with Crippen LogP contribution in [0.4, 0.5) is 0 Å². The first-order chi connectivity index (χ1) is 10.4. The van der Waals surface area contributed by atoms with Crippen LogP contribution in [0.15, 0.2) is 59.7 Å². The highest BCUT2D eigenvalue weighted by atomic mass is 16.2. The maximum Gasteiger partial charge on any atom is 0.271 e. The predicted molar refractivity (Wildman–Crippen MR) is 91.3 cm³/mol. The van der Waals surface area contributed by atoms with Gasteiger partial charge < -0.3 is 0 Å². The second-order valence-corrected chi connectivity index (χ2v) is 6.33. The maximum atomic E-state index is 11.9. The summed E-state index contributed by atoms with van der Waals surface area (Å²) in [5.41, 5.74) is 6.38. The van der Waals surface area contributed by atoms with Crippen molar-refractivity contribution in [3.05, 3.63) is 71.3 Å². The standard InChI is InChI=1S/C19H22N2O/c1-14(15-10-12-17(13-11-15)19(2,3)4)20-21-18(22)16-8-6-5-7-9-16/h5-13H,1-4H3,(H,21,22)/b20-14-. The summed E-state index contributed by atoms with van der Waals surface area (Å²) in [6.07, 6.45) is 0. The van der Waals surface area contributed by atoms with Crippen LogP contribution in [0.2, 0.25) is 0 Å². The molecule has 0 spiro atoms. The Balaban J connectivity index is 2.08. The quantitative estimate of drug-likeness (QED) is 0.671. The molecule has 0 bridgehead atoms. The van der Waals surface area contributed by atoms with E-state index in [9.17, 15) is 4.79 Å². The number of benzene rings is 2. The van der Waals surface area contributed by atoms with Crippen molar-refractivity contribution in [2.45, 2.75) is 33.1 Å². The first kappa shape index (κ1) is 16.0. The largest absolute Gasteiger partial charge is 0.271 e. The molecule has 0 aliphatic heterocycles. The molecule has 22 heavy (non-hydrogen) atoms. The molecule has 3 nitrogen and oxygen atoms in total. The van der Waals surface area contributed by atoms with Gasteiger partial charge in [-0.05, 0) is 35.6 Å². The van der Waals surface area contributed by atoms with Crippen LogP contribution >= 0.6 is 0 Å². The molecule has 114 valence electrons. The zero-order valence-electron chi connectivity index (χ0n) is 13.6. The summed E-state index contributed by atoms with van der Waals surface area (Å²) >= 11 is 0. The highest BCUT2D eigenvalue weighted by molar-refractivity contribution is 6.00. The van der Waals surface area contributed by atoms with E-state index in [1.54, 1.807) is 12.1 Å². The third-order valence-electron chi connectivity index (χ3n) is 3.53. The van der Waals surface area contributed by atoms with E-state index in [1.807, 2.05) is 37.3 Å². The van der Waals surface area contributed by atoms with E-state index in [1.165, 1.54) is 5.56 Å². The first-order valence-corrected chi connectivity index (χ1v) is 7.38. The van der Waals surface area contributed by atoms with Crippen molar-refractivity contribution in [2.75, 3.05) is 0 Å². The van der Waals surface area contributed by atoms with Gasteiger partial charge in [0.15, 0.2) is 0 Å². The van der Waals surface area contributed by atoms with Crippen LogP contribution in [0.25, 0.3) is 0 Å². The number of carbonyl (C=O) groups excluding carboxylic acids is 1. The molecule has 0 heterocycles. The van der Waals surface area contributed by atoms with Crippen LogP contribution < -0.4 is 5.43 Å².